The number of nitrogens with zero attached hydrogens (tertiary/aromatic N) is 1. The van der Waals surface area contributed by atoms with Crippen LogP contribution in [0.3, 0.4) is 0 Å². The maximum atomic E-state index is 11.8. The van der Waals surface area contributed by atoms with E-state index in [1.807, 2.05) is 0 Å². The minimum Gasteiger partial charge on any atom is -0.465 e. The van der Waals surface area contributed by atoms with E-state index in [1.165, 1.54) is 6.92 Å². The quantitative estimate of drug-likeness (QED) is 0.535. The molecule has 0 radical (unpaired) electrons. The van der Waals surface area contributed by atoms with Crippen LogP contribution in [0.15, 0.2) is 0 Å². The molecule has 108 valence electrons. The third-order valence-electron chi connectivity index (χ3n) is 2.90. The van der Waals surface area contributed by atoms with Gasteiger partial charge in [0.2, 0.25) is 5.91 Å². The van der Waals surface area contributed by atoms with Crippen LogP contribution >= 0.6 is 0 Å². The molecule has 0 spiro atoms. The maximum absolute atomic E-state index is 11.8. The van der Waals surface area contributed by atoms with Crippen molar-refractivity contribution in [2.45, 2.75) is 39.2 Å². The number of carbonyl (C=O) groups is 3. The van der Waals surface area contributed by atoms with Crippen molar-refractivity contribution >= 4 is 17.8 Å². The average Bonchev–Trinajstić information content (AvgIpc) is 2.37. The van der Waals surface area contributed by atoms with Gasteiger partial charge in [-0.05, 0) is 26.3 Å². The van der Waals surface area contributed by atoms with Gasteiger partial charge in [-0.15, -0.1) is 0 Å². The van der Waals surface area contributed by atoms with Crippen LogP contribution in [-0.2, 0) is 19.1 Å². The van der Waals surface area contributed by atoms with E-state index < -0.39 is 0 Å². The second kappa shape index (κ2) is 7.73. The highest BCUT2D eigenvalue weighted by atomic mass is 16.5. The summed E-state index contributed by atoms with van der Waals surface area (Å²) >= 11 is 0. The average molecular weight is 271 g/mol. The van der Waals surface area contributed by atoms with E-state index in [9.17, 15) is 14.4 Å². The number of hydrazine groups is 1. The number of rotatable bonds is 4. The lowest BCUT2D eigenvalue weighted by molar-refractivity contribution is -0.151. The Morgan fingerprint density at radius 1 is 1.26 bits per heavy atom. The Hall–Kier alpha value is -1.63. The normalized spacial score (nSPS) is 19.6. The van der Waals surface area contributed by atoms with Gasteiger partial charge in [0.15, 0.2) is 0 Å². The predicted octanol–water partition coefficient (Wildman–Crippen LogP) is -0.429. The zero-order chi connectivity index (χ0) is 14.3. The van der Waals surface area contributed by atoms with Crippen LogP contribution in [0.2, 0.25) is 0 Å². The van der Waals surface area contributed by atoms with E-state index in [2.05, 4.69) is 10.9 Å². The van der Waals surface area contributed by atoms with Gasteiger partial charge in [-0.1, -0.05) is 6.42 Å². The van der Waals surface area contributed by atoms with Crippen LogP contribution in [0.5, 0.6) is 0 Å². The lowest BCUT2D eigenvalue weighted by Gasteiger charge is -2.33. The molecular formula is C12H21N3O4. The van der Waals surface area contributed by atoms with E-state index in [0.717, 1.165) is 12.8 Å². The lowest BCUT2D eigenvalue weighted by Crippen LogP contribution is -2.52. The van der Waals surface area contributed by atoms with Crippen LogP contribution in [0.4, 0.5) is 0 Å². The fourth-order valence-electron chi connectivity index (χ4n) is 2.07. The molecule has 0 saturated carbocycles. The first-order valence-corrected chi connectivity index (χ1v) is 6.50. The number of amides is 2. The fourth-order valence-corrected chi connectivity index (χ4v) is 2.07. The molecule has 1 aliphatic heterocycles. The number of esters is 1. The van der Waals surface area contributed by atoms with Gasteiger partial charge in [0, 0.05) is 6.92 Å². The zero-order valence-corrected chi connectivity index (χ0v) is 11.4. The van der Waals surface area contributed by atoms with Gasteiger partial charge in [0.1, 0.15) is 6.04 Å². The number of nitrogens with one attached hydrogen (secondary N) is 2. The highest BCUT2D eigenvalue weighted by molar-refractivity contribution is 5.83. The lowest BCUT2D eigenvalue weighted by atomic mass is 10.0. The highest BCUT2D eigenvalue weighted by Crippen LogP contribution is 2.17. The van der Waals surface area contributed by atoms with Gasteiger partial charge < -0.3 is 4.74 Å². The molecule has 1 saturated heterocycles. The van der Waals surface area contributed by atoms with E-state index in [4.69, 9.17) is 4.74 Å². The van der Waals surface area contributed by atoms with Crippen LogP contribution < -0.4 is 10.9 Å². The first kappa shape index (κ1) is 15.4. The van der Waals surface area contributed by atoms with Crippen molar-refractivity contribution < 1.29 is 19.1 Å². The molecule has 2 amide bonds. The standard InChI is InChI=1S/C12H21N3O4/c1-3-19-12(18)10-6-4-5-7-15(10)8-11(17)14-13-9(2)16/h10H,3-8H2,1-2H3,(H,13,16)(H,14,17). The van der Waals surface area contributed by atoms with Gasteiger partial charge in [0.25, 0.3) is 5.91 Å². The summed E-state index contributed by atoms with van der Waals surface area (Å²) in [4.78, 5) is 35.9. The molecule has 7 nitrogen and oxygen atoms in total. The van der Waals surface area contributed by atoms with Crippen LogP contribution in [0.25, 0.3) is 0 Å². The minimum absolute atomic E-state index is 0.0732. The number of carbonyl (C=O) groups excluding carboxylic acids is 3. The number of ether oxygens (including phenoxy) is 1. The van der Waals surface area contributed by atoms with Crippen molar-refractivity contribution in [3.63, 3.8) is 0 Å². The molecule has 7 heteroatoms. The summed E-state index contributed by atoms with van der Waals surface area (Å²) in [6.45, 7) is 4.15. The van der Waals surface area contributed by atoms with Gasteiger partial charge in [-0.25, -0.2) is 0 Å². The molecule has 1 fully saturated rings. The smallest absolute Gasteiger partial charge is 0.323 e. The number of piperidine rings is 1. The highest BCUT2D eigenvalue weighted by Gasteiger charge is 2.30. The molecule has 2 N–H and O–H groups in total. The van der Waals surface area contributed by atoms with Crippen LogP contribution in [0, 0.1) is 0 Å². The van der Waals surface area contributed by atoms with Gasteiger partial charge >= 0.3 is 5.97 Å². The van der Waals surface area contributed by atoms with Crippen molar-refractivity contribution in [2.24, 2.45) is 0 Å². The first-order valence-electron chi connectivity index (χ1n) is 6.50. The van der Waals surface area contributed by atoms with Crippen molar-refractivity contribution in [1.82, 2.24) is 15.8 Å². The minimum atomic E-state index is -0.364. The third kappa shape index (κ3) is 5.25. The molecule has 1 atom stereocenters. The summed E-state index contributed by atoms with van der Waals surface area (Å²) in [6.07, 6.45) is 2.60. The Bertz CT molecular complexity index is 346. The number of likely N-dealkylation sites (tertiary alicyclic amines) is 1. The molecule has 0 aromatic heterocycles. The monoisotopic (exact) mass is 271 g/mol. The SMILES string of the molecule is CCOC(=O)C1CCCCN1CC(=O)NNC(C)=O. The van der Waals surface area contributed by atoms with E-state index >= 15 is 0 Å². The Kier molecular flexibility index (Phi) is 6.27. The Balaban J connectivity index is 2.50. The van der Waals surface area contributed by atoms with Crippen LogP contribution in [0.1, 0.15) is 33.1 Å². The van der Waals surface area contributed by atoms with Gasteiger partial charge in [-0.3, -0.25) is 30.1 Å². The summed E-state index contributed by atoms with van der Waals surface area (Å²) in [5.41, 5.74) is 4.51. The Morgan fingerprint density at radius 3 is 2.63 bits per heavy atom. The van der Waals surface area contributed by atoms with Crippen molar-refractivity contribution in [1.29, 1.82) is 0 Å². The predicted molar refractivity (Wildman–Crippen MR) is 67.8 cm³/mol. The summed E-state index contributed by atoms with van der Waals surface area (Å²) in [5.74, 6) is -0.963. The molecule has 1 heterocycles. The fraction of sp³-hybridized carbons (Fsp3) is 0.750. The van der Waals surface area contributed by atoms with Crippen molar-refractivity contribution in [2.75, 3.05) is 19.7 Å². The van der Waals surface area contributed by atoms with Gasteiger partial charge in [-0.2, -0.15) is 0 Å². The molecular weight excluding hydrogens is 250 g/mol. The molecule has 0 aromatic carbocycles. The maximum Gasteiger partial charge on any atom is 0.323 e. The molecule has 0 aromatic rings. The van der Waals surface area contributed by atoms with Crippen molar-refractivity contribution in [3.8, 4) is 0 Å². The molecule has 19 heavy (non-hydrogen) atoms. The van der Waals surface area contributed by atoms with E-state index in [-0.39, 0.29) is 30.4 Å². The largest absolute Gasteiger partial charge is 0.465 e. The third-order valence-corrected chi connectivity index (χ3v) is 2.90. The summed E-state index contributed by atoms with van der Waals surface area (Å²) in [7, 11) is 0. The molecule has 0 aliphatic carbocycles. The summed E-state index contributed by atoms with van der Waals surface area (Å²) < 4.78 is 5.01. The number of hydrogen-bond acceptors (Lipinski definition) is 5. The molecule has 1 aliphatic rings. The molecule has 0 bridgehead atoms. The Labute approximate surface area is 112 Å². The number of hydrogen-bond donors (Lipinski definition) is 2. The van der Waals surface area contributed by atoms with E-state index in [1.54, 1.807) is 11.8 Å². The second-order valence-corrected chi connectivity index (χ2v) is 4.46. The molecule has 1 rings (SSSR count). The topological polar surface area (TPSA) is 87.7 Å². The summed E-state index contributed by atoms with van der Waals surface area (Å²) in [5, 5.41) is 0. The van der Waals surface area contributed by atoms with E-state index in [0.29, 0.717) is 19.6 Å². The van der Waals surface area contributed by atoms with Gasteiger partial charge in [0.05, 0.1) is 13.2 Å². The molecule has 1 unspecified atom stereocenters. The Morgan fingerprint density at radius 2 is 2.00 bits per heavy atom. The second-order valence-electron chi connectivity index (χ2n) is 4.46. The zero-order valence-electron chi connectivity index (χ0n) is 11.4. The first-order chi connectivity index (χ1) is 9.04. The summed E-state index contributed by atoms with van der Waals surface area (Å²) in [6, 6.07) is -0.364. The van der Waals surface area contributed by atoms with Crippen molar-refractivity contribution in [3.05, 3.63) is 0 Å². The van der Waals surface area contributed by atoms with Crippen LogP contribution in [-0.4, -0.2) is 48.4 Å².